The van der Waals surface area contributed by atoms with Crippen molar-refractivity contribution in [3.05, 3.63) is 24.3 Å². The number of nitrogens with zero attached hydrogens (tertiary/aromatic N) is 1. The molecule has 2 saturated heterocycles. The number of methoxy groups -OCH3 is 1. The molecule has 0 radical (unpaired) electrons. The second kappa shape index (κ2) is 5.89. The first kappa shape index (κ1) is 16.8. The molecule has 0 aromatic rings. The first-order chi connectivity index (χ1) is 9.68. The molecule has 0 N–H and O–H groups in total. The van der Waals surface area contributed by atoms with Crippen molar-refractivity contribution in [3.63, 3.8) is 0 Å². The highest BCUT2D eigenvalue weighted by Crippen LogP contribution is 2.50. The van der Waals surface area contributed by atoms with E-state index in [0.29, 0.717) is 11.5 Å². The smallest absolute Gasteiger partial charge is 0.0503 e. The van der Waals surface area contributed by atoms with Crippen LogP contribution < -0.4 is 0 Å². The van der Waals surface area contributed by atoms with Crippen LogP contribution in [0.3, 0.4) is 0 Å². The summed E-state index contributed by atoms with van der Waals surface area (Å²) in [6.07, 6.45) is 4.91. The van der Waals surface area contributed by atoms with Crippen molar-refractivity contribution >= 4 is 0 Å². The summed E-state index contributed by atoms with van der Waals surface area (Å²) in [5, 5.41) is 0. The number of hydrogen-bond donors (Lipinski definition) is 0. The van der Waals surface area contributed by atoms with E-state index < -0.39 is 0 Å². The standard InChI is InChI=1S/C19H33NO/c1-14(2)15(3)8-16-9-18(4,5)20-12-17(13-21-7)11-19(20,6)10-16/h16-17H,1,3,8-13H2,2,4-7H3. The molecule has 3 atom stereocenters. The monoisotopic (exact) mass is 291 g/mol. The highest BCUT2D eigenvalue weighted by molar-refractivity contribution is 5.23. The molecule has 2 fully saturated rings. The maximum Gasteiger partial charge on any atom is 0.0503 e. The Bertz CT molecular complexity index is 425. The summed E-state index contributed by atoms with van der Waals surface area (Å²) in [6.45, 7) is 19.7. The minimum Gasteiger partial charge on any atom is -0.384 e. The van der Waals surface area contributed by atoms with Gasteiger partial charge in [-0.25, -0.2) is 0 Å². The minimum absolute atomic E-state index is 0.273. The van der Waals surface area contributed by atoms with Gasteiger partial charge in [0.1, 0.15) is 0 Å². The molecule has 120 valence electrons. The Morgan fingerprint density at radius 3 is 2.33 bits per heavy atom. The molecule has 2 heteroatoms. The van der Waals surface area contributed by atoms with E-state index in [0.717, 1.165) is 24.5 Å². The van der Waals surface area contributed by atoms with Gasteiger partial charge in [0.2, 0.25) is 0 Å². The quantitative estimate of drug-likeness (QED) is 0.695. The second-order valence-electron chi connectivity index (χ2n) is 8.31. The molecule has 2 aliphatic heterocycles. The lowest BCUT2D eigenvalue weighted by Crippen LogP contribution is -2.58. The van der Waals surface area contributed by atoms with Crippen LogP contribution in [0, 0.1) is 11.8 Å². The summed E-state index contributed by atoms with van der Waals surface area (Å²) < 4.78 is 5.42. The predicted molar refractivity (Wildman–Crippen MR) is 90.5 cm³/mol. The maximum absolute atomic E-state index is 5.42. The third-order valence-electron chi connectivity index (χ3n) is 5.61. The lowest BCUT2D eigenvalue weighted by Gasteiger charge is -2.53. The SMILES string of the molecule is C=C(C)C(=C)CC1CC(C)(C)N2CC(COC)CC2(C)C1. The van der Waals surface area contributed by atoms with Gasteiger partial charge < -0.3 is 4.74 Å². The Kier molecular flexibility index (Phi) is 4.70. The maximum atomic E-state index is 5.42. The molecule has 0 aromatic heterocycles. The second-order valence-corrected chi connectivity index (χ2v) is 8.31. The fourth-order valence-corrected chi connectivity index (χ4v) is 4.97. The molecule has 0 spiro atoms. The zero-order valence-electron chi connectivity index (χ0n) is 14.7. The normalized spacial score (nSPS) is 35.5. The van der Waals surface area contributed by atoms with Gasteiger partial charge in [0.15, 0.2) is 0 Å². The molecule has 0 amide bonds. The molecule has 21 heavy (non-hydrogen) atoms. The Morgan fingerprint density at radius 1 is 1.14 bits per heavy atom. The van der Waals surface area contributed by atoms with Crippen molar-refractivity contribution in [1.29, 1.82) is 0 Å². The summed E-state index contributed by atoms with van der Waals surface area (Å²) in [7, 11) is 1.82. The Labute approximate surface area is 131 Å². The fraction of sp³-hybridized carbons (Fsp3) is 0.789. The Hall–Kier alpha value is -0.600. The zero-order valence-corrected chi connectivity index (χ0v) is 14.7. The van der Waals surface area contributed by atoms with Gasteiger partial charge in [-0.05, 0) is 65.2 Å². The summed E-state index contributed by atoms with van der Waals surface area (Å²) >= 11 is 0. The number of allylic oxidation sites excluding steroid dienone is 2. The fourth-order valence-electron chi connectivity index (χ4n) is 4.97. The molecule has 0 bridgehead atoms. The summed E-state index contributed by atoms with van der Waals surface area (Å²) in [5.41, 5.74) is 2.98. The summed E-state index contributed by atoms with van der Waals surface area (Å²) in [4.78, 5) is 2.75. The molecule has 3 unspecified atom stereocenters. The molecule has 2 aliphatic rings. The van der Waals surface area contributed by atoms with Gasteiger partial charge in [0.25, 0.3) is 0 Å². The molecule has 0 aliphatic carbocycles. The van der Waals surface area contributed by atoms with Gasteiger partial charge in [0, 0.05) is 24.7 Å². The van der Waals surface area contributed by atoms with E-state index in [1.807, 2.05) is 7.11 Å². The first-order valence-corrected chi connectivity index (χ1v) is 8.28. The molecule has 2 heterocycles. The van der Waals surface area contributed by atoms with Crippen LogP contribution in [0.5, 0.6) is 0 Å². The number of piperidine rings is 1. The van der Waals surface area contributed by atoms with Crippen molar-refractivity contribution in [2.24, 2.45) is 11.8 Å². The average molecular weight is 291 g/mol. The van der Waals surface area contributed by atoms with E-state index in [2.05, 4.69) is 45.8 Å². The highest BCUT2D eigenvalue weighted by Gasteiger charge is 2.52. The molecule has 0 saturated carbocycles. The summed E-state index contributed by atoms with van der Waals surface area (Å²) in [5.74, 6) is 1.41. The molecule has 2 rings (SSSR count). The summed E-state index contributed by atoms with van der Waals surface area (Å²) in [6, 6.07) is 0. The van der Waals surface area contributed by atoms with Crippen LogP contribution in [0.15, 0.2) is 24.3 Å². The van der Waals surface area contributed by atoms with Crippen LogP contribution in [0.1, 0.15) is 53.4 Å². The van der Waals surface area contributed by atoms with E-state index in [4.69, 9.17) is 4.74 Å². The zero-order chi connectivity index (χ0) is 15.8. The number of rotatable bonds is 5. The number of ether oxygens (including phenoxy) is 1. The van der Waals surface area contributed by atoms with Crippen LogP contribution in [-0.4, -0.2) is 36.2 Å². The van der Waals surface area contributed by atoms with E-state index >= 15 is 0 Å². The number of fused-ring (bicyclic) bond motifs is 1. The lowest BCUT2D eigenvalue weighted by atomic mass is 9.71. The van der Waals surface area contributed by atoms with Crippen molar-refractivity contribution in [1.82, 2.24) is 4.90 Å². The molecular weight excluding hydrogens is 258 g/mol. The van der Waals surface area contributed by atoms with Gasteiger partial charge in [-0.2, -0.15) is 0 Å². The van der Waals surface area contributed by atoms with Crippen LogP contribution in [0.25, 0.3) is 0 Å². The van der Waals surface area contributed by atoms with Crippen molar-refractivity contribution in [2.45, 2.75) is 64.5 Å². The van der Waals surface area contributed by atoms with E-state index in [9.17, 15) is 0 Å². The van der Waals surface area contributed by atoms with Crippen molar-refractivity contribution < 1.29 is 4.74 Å². The first-order valence-electron chi connectivity index (χ1n) is 8.28. The third-order valence-corrected chi connectivity index (χ3v) is 5.61. The number of hydrogen-bond acceptors (Lipinski definition) is 2. The van der Waals surface area contributed by atoms with Crippen molar-refractivity contribution in [2.75, 3.05) is 20.3 Å². The largest absolute Gasteiger partial charge is 0.384 e. The topological polar surface area (TPSA) is 12.5 Å². The third kappa shape index (κ3) is 3.43. The van der Waals surface area contributed by atoms with E-state index in [1.54, 1.807) is 0 Å². The Morgan fingerprint density at radius 2 is 1.76 bits per heavy atom. The lowest BCUT2D eigenvalue weighted by molar-refractivity contribution is -0.0307. The van der Waals surface area contributed by atoms with Crippen molar-refractivity contribution in [3.8, 4) is 0 Å². The molecule has 2 nitrogen and oxygen atoms in total. The van der Waals surface area contributed by atoms with Gasteiger partial charge in [-0.3, -0.25) is 4.90 Å². The van der Waals surface area contributed by atoms with Crippen LogP contribution in [0.4, 0.5) is 0 Å². The van der Waals surface area contributed by atoms with Crippen LogP contribution in [-0.2, 0) is 4.74 Å². The Balaban J connectivity index is 2.13. The minimum atomic E-state index is 0.273. The highest BCUT2D eigenvalue weighted by atomic mass is 16.5. The predicted octanol–water partition coefficient (Wildman–Crippen LogP) is 4.42. The van der Waals surface area contributed by atoms with Crippen LogP contribution in [0.2, 0.25) is 0 Å². The van der Waals surface area contributed by atoms with Gasteiger partial charge >= 0.3 is 0 Å². The van der Waals surface area contributed by atoms with Gasteiger partial charge in [0.05, 0.1) is 6.61 Å². The van der Waals surface area contributed by atoms with Crippen LogP contribution >= 0.6 is 0 Å². The van der Waals surface area contributed by atoms with E-state index in [-0.39, 0.29) is 5.54 Å². The molecular formula is C19H33NO. The van der Waals surface area contributed by atoms with Gasteiger partial charge in [-0.1, -0.05) is 24.3 Å². The van der Waals surface area contributed by atoms with Gasteiger partial charge in [-0.15, -0.1) is 0 Å². The average Bonchev–Trinajstić information content (AvgIpc) is 2.66. The molecule has 0 aromatic carbocycles. The van der Waals surface area contributed by atoms with E-state index in [1.165, 1.54) is 31.4 Å².